The number of hydrogen-bond donors (Lipinski definition) is 0. The van der Waals surface area contributed by atoms with Crippen LogP contribution < -0.4 is 0 Å². The van der Waals surface area contributed by atoms with Crippen molar-refractivity contribution in [3.05, 3.63) is 23.3 Å². The molecule has 0 aromatic carbocycles. The lowest BCUT2D eigenvalue weighted by atomic mass is 9.60. The molecule has 0 spiro atoms. The first-order valence-corrected chi connectivity index (χ1v) is 18.3. The van der Waals surface area contributed by atoms with E-state index in [0.29, 0.717) is 12.5 Å². The summed E-state index contributed by atoms with van der Waals surface area (Å²) in [5, 5.41) is 0.205. The minimum absolute atomic E-state index is 0.0785. The third-order valence-electron chi connectivity index (χ3n) is 9.30. The molecule has 2 aliphatic carbocycles. The molecule has 0 heterocycles. The van der Waals surface area contributed by atoms with Crippen molar-refractivity contribution in [2.45, 2.75) is 123 Å². The Morgan fingerprint density at radius 3 is 2.22 bits per heavy atom. The SMILES string of the molecule is C=C(CO[Si](C)(C)C(C)(C)C)C1CCC2(C)CC(O[Si](CC)(CC)CC)C(=O)C(C)=C2C1. The van der Waals surface area contributed by atoms with Crippen molar-refractivity contribution in [3.8, 4) is 0 Å². The van der Waals surface area contributed by atoms with E-state index >= 15 is 0 Å². The van der Waals surface area contributed by atoms with Gasteiger partial charge in [-0.3, -0.25) is 4.79 Å². The highest BCUT2D eigenvalue weighted by Crippen LogP contribution is 2.52. The summed E-state index contributed by atoms with van der Waals surface area (Å²) in [6, 6.07) is 3.27. The van der Waals surface area contributed by atoms with Crippen LogP contribution in [0.5, 0.6) is 0 Å². The van der Waals surface area contributed by atoms with Gasteiger partial charge in [-0.15, -0.1) is 0 Å². The van der Waals surface area contributed by atoms with E-state index in [1.165, 1.54) is 11.1 Å². The van der Waals surface area contributed by atoms with E-state index < -0.39 is 16.6 Å². The van der Waals surface area contributed by atoms with E-state index in [2.05, 4.69) is 75.1 Å². The fraction of sp³-hybridized carbons (Fsp3) is 0.815. The molecule has 0 aromatic heterocycles. The topological polar surface area (TPSA) is 35.5 Å². The smallest absolute Gasteiger partial charge is 0.193 e. The summed E-state index contributed by atoms with van der Waals surface area (Å²) in [5.74, 6) is 0.659. The van der Waals surface area contributed by atoms with Crippen LogP contribution in [0.1, 0.15) is 81.1 Å². The quantitative estimate of drug-likeness (QED) is 0.248. The van der Waals surface area contributed by atoms with Gasteiger partial charge in [0.2, 0.25) is 0 Å². The Morgan fingerprint density at radius 1 is 1.16 bits per heavy atom. The lowest BCUT2D eigenvalue weighted by Crippen LogP contribution is -2.48. The first kappa shape index (κ1) is 27.7. The summed E-state index contributed by atoms with van der Waals surface area (Å²) >= 11 is 0. The van der Waals surface area contributed by atoms with E-state index in [-0.39, 0.29) is 22.3 Å². The Kier molecular flexibility index (Phi) is 8.68. The molecule has 0 amide bonds. The largest absolute Gasteiger partial charge is 0.413 e. The summed E-state index contributed by atoms with van der Waals surface area (Å²) in [5.41, 5.74) is 3.62. The van der Waals surface area contributed by atoms with Gasteiger partial charge in [-0.1, -0.05) is 60.6 Å². The first-order valence-electron chi connectivity index (χ1n) is 12.9. The molecule has 0 radical (unpaired) electrons. The Hall–Kier alpha value is -0.496. The van der Waals surface area contributed by atoms with Crippen molar-refractivity contribution in [1.82, 2.24) is 0 Å². The van der Waals surface area contributed by atoms with Crippen molar-refractivity contribution < 1.29 is 13.6 Å². The Labute approximate surface area is 200 Å². The molecule has 0 aliphatic heterocycles. The monoisotopic (exact) mass is 478 g/mol. The average Bonchev–Trinajstić information content (AvgIpc) is 2.73. The zero-order chi connectivity index (χ0) is 24.5. The van der Waals surface area contributed by atoms with Gasteiger partial charge in [0.05, 0.1) is 6.61 Å². The highest BCUT2D eigenvalue weighted by Gasteiger charge is 2.47. The van der Waals surface area contributed by atoms with Crippen LogP contribution in [0, 0.1) is 11.3 Å². The van der Waals surface area contributed by atoms with Gasteiger partial charge in [0, 0.05) is 0 Å². The van der Waals surface area contributed by atoms with Crippen LogP contribution in [-0.2, 0) is 13.6 Å². The first-order chi connectivity index (χ1) is 14.6. The van der Waals surface area contributed by atoms with E-state index in [0.717, 1.165) is 49.4 Å². The van der Waals surface area contributed by atoms with Crippen LogP contribution in [0.25, 0.3) is 0 Å². The highest BCUT2D eigenvalue weighted by molar-refractivity contribution is 6.74. The third kappa shape index (κ3) is 5.59. The van der Waals surface area contributed by atoms with Crippen LogP contribution in [0.15, 0.2) is 23.3 Å². The maximum atomic E-state index is 13.4. The number of fused-ring (bicyclic) bond motifs is 1. The van der Waals surface area contributed by atoms with Gasteiger partial charge < -0.3 is 8.85 Å². The fourth-order valence-corrected chi connectivity index (χ4v) is 9.09. The predicted octanol–water partition coefficient (Wildman–Crippen LogP) is 8.05. The van der Waals surface area contributed by atoms with Crippen LogP contribution in [0.2, 0.25) is 36.3 Å². The number of rotatable bonds is 9. The fourth-order valence-electron chi connectivity index (χ4n) is 5.31. The Balaban J connectivity index is 2.16. The van der Waals surface area contributed by atoms with Crippen molar-refractivity contribution in [2.24, 2.45) is 11.3 Å². The molecule has 184 valence electrons. The van der Waals surface area contributed by atoms with Gasteiger partial charge in [-0.25, -0.2) is 0 Å². The van der Waals surface area contributed by atoms with E-state index in [4.69, 9.17) is 8.85 Å². The Morgan fingerprint density at radius 2 is 1.72 bits per heavy atom. The number of hydrogen-bond acceptors (Lipinski definition) is 3. The molecule has 1 saturated carbocycles. The second-order valence-corrected chi connectivity index (χ2v) is 21.8. The minimum atomic E-state index is -1.81. The van der Waals surface area contributed by atoms with Crippen molar-refractivity contribution in [2.75, 3.05) is 6.61 Å². The van der Waals surface area contributed by atoms with Crippen molar-refractivity contribution >= 4 is 22.4 Å². The second-order valence-electron chi connectivity index (χ2n) is 12.2. The lowest BCUT2D eigenvalue weighted by Gasteiger charge is -2.48. The molecular weight excluding hydrogens is 428 g/mol. The minimum Gasteiger partial charge on any atom is -0.413 e. The molecule has 3 unspecified atom stereocenters. The average molecular weight is 479 g/mol. The molecule has 0 aromatic rings. The molecule has 0 N–H and O–H groups in total. The van der Waals surface area contributed by atoms with Crippen LogP contribution in [0.3, 0.4) is 0 Å². The van der Waals surface area contributed by atoms with Crippen molar-refractivity contribution in [3.63, 3.8) is 0 Å². The van der Waals surface area contributed by atoms with Gasteiger partial charge >= 0.3 is 0 Å². The Bertz CT molecular complexity index is 734. The number of Topliss-reactive ketones (excluding diaryl/α,β-unsaturated/α-hetero) is 1. The predicted molar refractivity (Wildman–Crippen MR) is 142 cm³/mol. The standard InChI is InChI=1S/C27H50O3Si2/c1-12-32(13-2,14-3)30-24-18-27(9)16-15-22(17-23(27)21(5)25(24)28)20(4)19-29-31(10,11)26(6,7)8/h22,24H,4,12-19H2,1-3,5-11H3. The zero-order valence-electron chi connectivity index (χ0n) is 22.7. The van der Waals surface area contributed by atoms with Crippen LogP contribution >= 0.6 is 0 Å². The summed E-state index contributed by atoms with van der Waals surface area (Å²) in [6.45, 7) is 27.7. The zero-order valence-corrected chi connectivity index (χ0v) is 24.7. The molecule has 0 saturated heterocycles. The van der Waals surface area contributed by atoms with Crippen molar-refractivity contribution in [1.29, 1.82) is 0 Å². The van der Waals surface area contributed by atoms with Crippen LogP contribution in [-0.4, -0.2) is 35.1 Å². The summed E-state index contributed by atoms with van der Waals surface area (Å²) in [4.78, 5) is 13.4. The van der Waals surface area contributed by atoms with E-state index in [1.54, 1.807) is 0 Å². The molecule has 32 heavy (non-hydrogen) atoms. The second kappa shape index (κ2) is 10.0. The van der Waals surface area contributed by atoms with Gasteiger partial charge in [-0.2, -0.15) is 0 Å². The molecule has 0 bridgehead atoms. The summed E-state index contributed by atoms with van der Waals surface area (Å²) < 4.78 is 13.2. The third-order valence-corrected chi connectivity index (χ3v) is 18.4. The molecular formula is C27H50O3Si2. The number of carbonyl (C=O) groups excluding carboxylic acids is 1. The maximum absolute atomic E-state index is 13.4. The van der Waals surface area contributed by atoms with Crippen LogP contribution in [0.4, 0.5) is 0 Å². The molecule has 2 rings (SSSR count). The summed E-state index contributed by atoms with van der Waals surface area (Å²) in [6.07, 6.45) is 3.81. The number of ketones is 1. The van der Waals surface area contributed by atoms with Gasteiger partial charge in [-0.05, 0) is 91.4 Å². The molecule has 3 nitrogen and oxygen atoms in total. The molecule has 2 aliphatic rings. The summed E-state index contributed by atoms with van der Waals surface area (Å²) in [7, 11) is -3.60. The molecule has 3 atom stereocenters. The van der Waals surface area contributed by atoms with Gasteiger partial charge in [0.25, 0.3) is 0 Å². The highest BCUT2D eigenvalue weighted by atomic mass is 28.4. The van der Waals surface area contributed by atoms with Gasteiger partial charge in [0.1, 0.15) is 6.10 Å². The normalized spacial score (nSPS) is 27.5. The maximum Gasteiger partial charge on any atom is 0.193 e. The molecule has 1 fully saturated rings. The van der Waals surface area contributed by atoms with Gasteiger partial charge in [0.15, 0.2) is 22.4 Å². The number of allylic oxidation sites excluding steroid dienone is 1. The number of carbonyl (C=O) groups is 1. The van der Waals surface area contributed by atoms with E-state index in [1.807, 2.05) is 0 Å². The molecule has 5 heteroatoms. The lowest BCUT2D eigenvalue weighted by molar-refractivity contribution is -0.125. The van der Waals surface area contributed by atoms with E-state index in [9.17, 15) is 4.79 Å².